The number of fused-ring (bicyclic) bond motifs is 1. The summed E-state index contributed by atoms with van der Waals surface area (Å²) in [5.41, 5.74) is 0.778. The topological polar surface area (TPSA) is 132 Å². The summed E-state index contributed by atoms with van der Waals surface area (Å²) in [5.74, 6) is -1.41. The molecule has 3 aromatic carbocycles. The molecule has 39 heavy (non-hydrogen) atoms. The van der Waals surface area contributed by atoms with Gasteiger partial charge in [-0.3, -0.25) is 9.59 Å². The normalized spacial score (nSPS) is 12.5. The Hall–Kier alpha value is -4.68. The van der Waals surface area contributed by atoms with Gasteiger partial charge in [0.2, 0.25) is 5.91 Å². The maximum Gasteiger partial charge on any atom is 0.408 e. The average Bonchev–Trinajstić information content (AvgIpc) is 2.90. The number of anilines is 1. The van der Waals surface area contributed by atoms with Crippen LogP contribution >= 0.6 is 0 Å². The third kappa shape index (κ3) is 7.66. The Morgan fingerprint density at radius 1 is 1.08 bits per heavy atom. The van der Waals surface area contributed by atoms with Crippen LogP contribution in [0.3, 0.4) is 0 Å². The first-order valence-corrected chi connectivity index (χ1v) is 12.4. The smallest absolute Gasteiger partial charge is 0.408 e. The molecular formula is C30H32N4O5. The maximum absolute atomic E-state index is 13.8. The molecule has 2 atom stereocenters. The van der Waals surface area contributed by atoms with E-state index in [0.717, 1.165) is 15.7 Å². The van der Waals surface area contributed by atoms with E-state index in [2.05, 4.69) is 17.2 Å². The van der Waals surface area contributed by atoms with E-state index in [4.69, 9.17) is 4.74 Å². The zero-order chi connectivity index (χ0) is 28.6. The highest BCUT2D eigenvalue weighted by Gasteiger charge is 2.36. The number of aliphatic hydroxyl groups excluding tert-OH is 1. The number of hydrogen-bond donors (Lipinski definition) is 3. The van der Waals surface area contributed by atoms with Gasteiger partial charge in [0.05, 0.1) is 12.7 Å². The number of carbonyl (C=O) groups is 3. The van der Waals surface area contributed by atoms with Crippen LogP contribution in [0.1, 0.15) is 37.9 Å². The standard InChI is InChI=1S/C30H32N4O5/c1-5-20-9-8-12-23(17-20)26(27(36)32-24-14-13-21-10-6-7-11-22(21)18-24)34(16-15-31)28(37)25(19-35)33-29(38)39-30(2,3)4/h5-14,17-18,25-26,35H,1,16,19H2,2-4H3,(H,32,36)(H,33,38). The molecule has 3 amide bonds. The third-order valence-electron chi connectivity index (χ3n) is 5.73. The number of benzene rings is 3. The lowest BCUT2D eigenvalue weighted by Gasteiger charge is -2.32. The van der Waals surface area contributed by atoms with E-state index in [1.54, 1.807) is 57.2 Å². The molecule has 0 spiro atoms. The zero-order valence-corrected chi connectivity index (χ0v) is 22.2. The molecule has 9 heteroatoms. The van der Waals surface area contributed by atoms with Crippen LogP contribution in [0.5, 0.6) is 0 Å². The molecule has 0 fully saturated rings. The summed E-state index contributed by atoms with van der Waals surface area (Å²) in [6.07, 6.45) is 0.677. The van der Waals surface area contributed by atoms with E-state index in [1.807, 2.05) is 42.5 Å². The molecule has 0 aliphatic carbocycles. The van der Waals surface area contributed by atoms with Gasteiger partial charge in [-0.05, 0) is 60.9 Å². The summed E-state index contributed by atoms with van der Waals surface area (Å²) in [7, 11) is 0. The van der Waals surface area contributed by atoms with E-state index in [-0.39, 0.29) is 0 Å². The van der Waals surface area contributed by atoms with Crippen LogP contribution in [0.25, 0.3) is 16.8 Å². The highest BCUT2D eigenvalue weighted by Crippen LogP contribution is 2.26. The fourth-order valence-electron chi connectivity index (χ4n) is 4.01. The Bertz CT molecular complexity index is 1410. The fraction of sp³-hybridized carbons (Fsp3) is 0.267. The van der Waals surface area contributed by atoms with E-state index in [0.29, 0.717) is 16.8 Å². The molecule has 0 aliphatic heterocycles. The van der Waals surface area contributed by atoms with Gasteiger partial charge in [0.15, 0.2) is 0 Å². The van der Waals surface area contributed by atoms with E-state index in [1.165, 1.54) is 0 Å². The lowest BCUT2D eigenvalue weighted by molar-refractivity contribution is -0.140. The predicted molar refractivity (Wildman–Crippen MR) is 149 cm³/mol. The fourth-order valence-corrected chi connectivity index (χ4v) is 4.01. The second kappa shape index (κ2) is 12.7. The van der Waals surface area contributed by atoms with E-state index in [9.17, 15) is 24.8 Å². The van der Waals surface area contributed by atoms with Crippen molar-refractivity contribution in [2.75, 3.05) is 18.5 Å². The van der Waals surface area contributed by atoms with Crippen molar-refractivity contribution in [2.24, 2.45) is 0 Å². The van der Waals surface area contributed by atoms with Crippen molar-refractivity contribution in [3.8, 4) is 6.07 Å². The van der Waals surface area contributed by atoms with Gasteiger partial charge in [0, 0.05) is 5.69 Å². The number of rotatable bonds is 9. The molecule has 0 radical (unpaired) electrons. The monoisotopic (exact) mass is 528 g/mol. The largest absolute Gasteiger partial charge is 0.444 e. The summed E-state index contributed by atoms with van der Waals surface area (Å²) < 4.78 is 5.21. The Kier molecular flexibility index (Phi) is 9.42. The first-order valence-electron chi connectivity index (χ1n) is 12.4. The van der Waals surface area contributed by atoms with Crippen molar-refractivity contribution < 1.29 is 24.2 Å². The number of nitrogens with zero attached hydrogens (tertiary/aromatic N) is 2. The zero-order valence-electron chi connectivity index (χ0n) is 22.2. The number of amides is 3. The van der Waals surface area contributed by atoms with Crippen LogP contribution in [0, 0.1) is 11.3 Å². The van der Waals surface area contributed by atoms with Gasteiger partial charge in [0.25, 0.3) is 5.91 Å². The van der Waals surface area contributed by atoms with Crippen molar-refractivity contribution in [1.29, 1.82) is 5.26 Å². The van der Waals surface area contributed by atoms with Crippen molar-refractivity contribution >= 4 is 40.4 Å². The van der Waals surface area contributed by atoms with Crippen LogP contribution < -0.4 is 10.6 Å². The van der Waals surface area contributed by atoms with Crippen LogP contribution in [0.15, 0.2) is 73.3 Å². The molecule has 202 valence electrons. The SMILES string of the molecule is C=Cc1cccc(C(C(=O)Nc2ccc3ccccc3c2)N(CC#N)C(=O)C(CO)NC(=O)OC(C)(C)C)c1. The van der Waals surface area contributed by atoms with Crippen molar-refractivity contribution in [3.63, 3.8) is 0 Å². The number of alkyl carbamates (subject to hydrolysis) is 1. The molecule has 0 heterocycles. The lowest BCUT2D eigenvalue weighted by atomic mass is 10.00. The molecule has 0 bridgehead atoms. The molecule has 9 nitrogen and oxygen atoms in total. The van der Waals surface area contributed by atoms with Gasteiger partial charge in [-0.15, -0.1) is 0 Å². The number of ether oxygens (including phenoxy) is 1. The van der Waals surface area contributed by atoms with Gasteiger partial charge in [-0.2, -0.15) is 5.26 Å². The predicted octanol–water partition coefficient (Wildman–Crippen LogP) is 4.40. The van der Waals surface area contributed by atoms with Crippen LogP contribution in [-0.2, 0) is 14.3 Å². The van der Waals surface area contributed by atoms with Crippen LogP contribution in [0.2, 0.25) is 0 Å². The number of hydrogen-bond acceptors (Lipinski definition) is 6. The van der Waals surface area contributed by atoms with Crippen LogP contribution in [0.4, 0.5) is 10.5 Å². The summed E-state index contributed by atoms with van der Waals surface area (Å²) >= 11 is 0. The van der Waals surface area contributed by atoms with Gasteiger partial charge >= 0.3 is 6.09 Å². The molecule has 3 N–H and O–H groups in total. The molecule has 0 saturated heterocycles. The first kappa shape index (κ1) is 28.9. The third-order valence-corrected chi connectivity index (χ3v) is 5.73. The van der Waals surface area contributed by atoms with Gasteiger partial charge < -0.3 is 25.4 Å². The van der Waals surface area contributed by atoms with E-state index >= 15 is 0 Å². The Morgan fingerprint density at radius 2 is 1.79 bits per heavy atom. The highest BCUT2D eigenvalue weighted by molar-refractivity contribution is 6.00. The van der Waals surface area contributed by atoms with Crippen molar-refractivity contribution in [2.45, 2.75) is 38.5 Å². The highest BCUT2D eigenvalue weighted by atomic mass is 16.6. The summed E-state index contributed by atoms with van der Waals surface area (Å²) in [6.45, 7) is 7.48. The molecular weight excluding hydrogens is 496 g/mol. The van der Waals surface area contributed by atoms with Gasteiger partial charge in [-0.1, -0.05) is 61.2 Å². The lowest BCUT2D eigenvalue weighted by Crippen LogP contribution is -2.54. The summed E-state index contributed by atoms with van der Waals surface area (Å²) in [6, 6.07) is 19.1. The summed E-state index contributed by atoms with van der Waals surface area (Å²) in [5, 5.41) is 26.6. The van der Waals surface area contributed by atoms with Crippen LogP contribution in [-0.4, -0.2) is 52.7 Å². The van der Waals surface area contributed by atoms with Crippen molar-refractivity contribution in [1.82, 2.24) is 10.2 Å². The average molecular weight is 529 g/mol. The number of aliphatic hydroxyl groups is 1. The Labute approximate surface area is 227 Å². The molecule has 3 rings (SSSR count). The minimum Gasteiger partial charge on any atom is -0.444 e. The van der Waals surface area contributed by atoms with E-state index < -0.39 is 48.7 Å². The molecule has 2 unspecified atom stereocenters. The van der Waals surface area contributed by atoms with Gasteiger partial charge in [0.1, 0.15) is 24.2 Å². The number of nitriles is 1. The number of carbonyl (C=O) groups excluding carboxylic acids is 3. The Morgan fingerprint density at radius 3 is 2.44 bits per heavy atom. The second-order valence-corrected chi connectivity index (χ2v) is 9.83. The van der Waals surface area contributed by atoms with Gasteiger partial charge in [-0.25, -0.2) is 4.79 Å². The minimum atomic E-state index is -1.45. The second-order valence-electron chi connectivity index (χ2n) is 9.83. The molecule has 0 saturated carbocycles. The maximum atomic E-state index is 13.8. The Balaban J connectivity index is 2.00. The minimum absolute atomic E-state index is 0.420. The molecule has 0 aliphatic rings. The van der Waals surface area contributed by atoms with Crippen molar-refractivity contribution in [3.05, 3.63) is 84.4 Å². The molecule has 3 aromatic rings. The quantitative estimate of drug-likeness (QED) is 0.353. The molecule has 0 aromatic heterocycles. The first-order chi connectivity index (χ1) is 18.6. The number of nitrogens with one attached hydrogen (secondary N) is 2. The summed E-state index contributed by atoms with van der Waals surface area (Å²) in [4.78, 5) is 40.8.